The second-order valence-electron chi connectivity index (χ2n) is 6.41. The molecule has 3 heterocycles. The molecule has 1 N–H and O–H groups in total. The molecule has 152 valence electrons. The second-order valence-corrected chi connectivity index (χ2v) is 6.85. The molecule has 0 bridgehead atoms. The molecule has 4 rings (SSSR count). The first-order chi connectivity index (χ1) is 13.8. The fraction of sp³-hybridized carbons (Fsp3) is 0.263. The van der Waals surface area contributed by atoms with Crippen LogP contribution in [0.5, 0.6) is 5.75 Å². The topological polar surface area (TPSA) is 68.4 Å². The highest BCUT2D eigenvalue weighted by Gasteiger charge is 2.29. The molecule has 0 amide bonds. The summed E-state index contributed by atoms with van der Waals surface area (Å²) in [4.78, 5) is 8.78. The van der Waals surface area contributed by atoms with Gasteiger partial charge in [-0.1, -0.05) is 29.8 Å². The van der Waals surface area contributed by atoms with E-state index in [2.05, 4.69) is 9.98 Å². The number of aromatic nitrogens is 2. The average Bonchev–Trinajstić information content (AvgIpc) is 3.32. The molecule has 0 aliphatic carbocycles. The molecule has 2 aromatic heterocycles. The Hall–Kier alpha value is -2.78. The van der Waals surface area contributed by atoms with E-state index in [1.165, 1.54) is 6.07 Å². The summed E-state index contributed by atoms with van der Waals surface area (Å²) in [6.07, 6.45) is -1.18. The molecule has 10 heteroatoms. The maximum atomic E-state index is 12.6. The van der Waals surface area contributed by atoms with Gasteiger partial charge in [-0.05, 0) is 12.1 Å². The van der Waals surface area contributed by atoms with Crippen molar-refractivity contribution in [3.8, 4) is 16.9 Å². The number of aliphatic hydroxyl groups excluding tert-OH is 1. The van der Waals surface area contributed by atoms with Gasteiger partial charge in [0.1, 0.15) is 29.7 Å². The number of ether oxygens (including phenoxy) is 2. The maximum absolute atomic E-state index is 12.6. The monoisotopic (exact) mass is 425 g/mol. The van der Waals surface area contributed by atoms with Crippen molar-refractivity contribution in [2.45, 2.75) is 12.2 Å². The van der Waals surface area contributed by atoms with E-state index in [-0.39, 0.29) is 30.9 Å². The van der Waals surface area contributed by atoms with Crippen molar-refractivity contribution in [2.24, 2.45) is 4.99 Å². The Bertz CT molecular complexity index is 1080. The summed E-state index contributed by atoms with van der Waals surface area (Å²) in [6, 6.07) is 7.62. The van der Waals surface area contributed by atoms with Gasteiger partial charge in [-0.15, -0.1) is 0 Å². The maximum Gasteiger partial charge on any atom is 0.422 e. The molecular formula is C19H15ClF3N3O3. The minimum Gasteiger partial charge on any atom is -0.483 e. The normalized spacial score (nSPS) is 16.7. The van der Waals surface area contributed by atoms with Crippen LogP contribution in [0.15, 0.2) is 47.7 Å². The minimum atomic E-state index is -4.46. The molecule has 1 aliphatic heterocycles. The summed E-state index contributed by atoms with van der Waals surface area (Å²) in [6.45, 7) is -1.30. The van der Waals surface area contributed by atoms with E-state index in [1.807, 2.05) is 0 Å². The standard InChI is InChI=1S/C19H15ClF3N3O3/c20-11-5-14(13-3-1-2-4-16(13)29-10-19(21,22)23)17-25-15(7-26(17)6-11)18-24-12(8-27)9-28-18/h1-7,12,27H,8-10H2. The molecule has 0 radical (unpaired) electrons. The van der Waals surface area contributed by atoms with E-state index in [0.29, 0.717) is 27.5 Å². The van der Waals surface area contributed by atoms with Gasteiger partial charge in [0.15, 0.2) is 6.61 Å². The summed E-state index contributed by atoms with van der Waals surface area (Å²) in [7, 11) is 0. The van der Waals surface area contributed by atoms with Crippen LogP contribution in [0.1, 0.15) is 5.69 Å². The Balaban J connectivity index is 1.79. The number of pyridine rings is 1. The van der Waals surface area contributed by atoms with Crippen LogP contribution in [-0.4, -0.2) is 52.4 Å². The summed E-state index contributed by atoms with van der Waals surface area (Å²) in [5.41, 5.74) is 1.80. The molecule has 1 aromatic carbocycles. The Morgan fingerprint density at radius 3 is 2.76 bits per heavy atom. The average molecular weight is 426 g/mol. The number of fused-ring (bicyclic) bond motifs is 1. The number of hydrogen-bond donors (Lipinski definition) is 1. The Morgan fingerprint density at radius 1 is 1.24 bits per heavy atom. The van der Waals surface area contributed by atoms with E-state index in [9.17, 15) is 18.3 Å². The van der Waals surface area contributed by atoms with Crippen LogP contribution in [0.3, 0.4) is 0 Å². The first kappa shape index (κ1) is 19.5. The van der Waals surface area contributed by atoms with Crippen LogP contribution in [0.25, 0.3) is 16.8 Å². The van der Waals surface area contributed by atoms with Gasteiger partial charge in [0, 0.05) is 23.5 Å². The highest BCUT2D eigenvalue weighted by molar-refractivity contribution is 6.31. The first-order valence-corrected chi connectivity index (χ1v) is 9.01. The van der Waals surface area contributed by atoms with Crippen molar-refractivity contribution in [2.75, 3.05) is 19.8 Å². The third-order valence-electron chi connectivity index (χ3n) is 4.23. The van der Waals surface area contributed by atoms with Crippen molar-refractivity contribution in [3.05, 3.63) is 53.4 Å². The van der Waals surface area contributed by atoms with Gasteiger partial charge < -0.3 is 19.0 Å². The van der Waals surface area contributed by atoms with Crippen LogP contribution in [-0.2, 0) is 4.74 Å². The van der Waals surface area contributed by atoms with Crippen molar-refractivity contribution in [3.63, 3.8) is 0 Å². The highest BCUT2D eigenvalue weighted by atomic mass is 35.5. The van der Waals surface area contributed by atoms with E-state index in [1.54, 1.807) is 41.1 Å². The number of nitrogens with zero attached hydrogens (tertiary/aromatic N) is 3. The van der Waals surface area contributed by atoms with Gasteiger partial charge in [0.05, 0.1) is 11.6 Å². The highest BCUT2D eigenvalue weighted by Crippen LogP contribution is 2.35. The predicted octanol–water partition coefficient (Wildman–Crippen LogP) is 3.73. The van der Waals surface area contributed by atoms with Gasteiger partial charge in [0.25, 0.3) is 0 Å². The van der Waals surface area contributed by atoms with Crippen LogP contribution in [0.4, 0.5) is 13.2 Å². The van der Waals surface area contributed by atoms with Crippen molar-refractivity contribution < 1.29 is 27.8 Å². The number of rotatable bonds is 5. The van der Waals surface area contributed by atoms with Gasteiger partial charge >= 0.3 is 6.18 Å². The van der Waals surface area contributed by atoms with E-state index in [0.717, 1.165) is 0 Å². The van der Waals surface area contributed by atoms with E-state index >= 15 is 0 Å². The quantitative estimate of drug-likeness (QED) is 0.676. The Kier molecular flexibility index (Phi) is 5.10. The molecule has 1 aliphatic rings. The van der Waals surface area contributed by atoms with Crippen LogP contribution >= 0.6 is 11.6 Å². The zero-order valence-electron chi connectivity index (χ0n) is 14.9. The second kappa shape index (κ2) is 7.57. The van der Waals surface area contributed by atoms with Crippen molar-refractivity contribution in [1.82, 2.24) is 9.38 Å². The fourth-order valence-corrected chi connectivity index (χ4v) is 3.20. The van der Waals surface area contributed by atoms with Gasteiger partial charge in [-0.25, -0.2) is 9.98 Å². The number of alkyl halides is 3. The smallest absolute Gasteiger partial charge is 0.422 e. The summed E-state index contributed by atoms with van der Waals surface area (Å²) in [5, 5.41) is 9.58. The molecule has 0 saturated carbocycles. The number of halogens is 4. The number of para-hydroxylation sites is 1. The molecule has 6 nitrogen and oxygen atoms in total. The molecule has 1 unspecified atom stereocenters. The number of benzene rings is 1. The number of aliphatic imine (C=N–C) groups is 1. The molecule has 3 aromatic rings. The number of imidazole rings is 1. The molecule has 0 spiro atoms. The Labute approximate surface area is 168 Å². The lowest BCUT2D eigenvalue weighted by Crippen LogP contribution is -2.19. The SMILES string of the molecule is OCC1COC(c2cn3cc(Cl)cc(-c4ccccc4OCC(F)(F)F)c3n2)=N1. The first-order valence-electron chi connectivity index (χ1n) is 8.63. The predicted molar refractivity (Wildman–Crippen MR) is 101 cm³/mol. The molecule has 29 heavy (non-hydrogen) atoms. The largest absolute Gasteiger partial charge is 0.483 e. The Morgan fingerprint density at radius 2 is 2.03 bits per heavy atom. The van der Waals surface area contributed by atoms with Gasteiger partial charge in [0.2, 0.25) is 5.90 Å². The summed E-state index contributed by atoms with van der Waals surface area (Å²) < 4.78 is 50.0. The zero-order chi connectivity index (χ0) is 20.6. The molecular weight excluding hydrogens is 411 g/mol. The van der Waals surface area contributed by atoms with Crippen LogP contribution in [0.2, 0.25) is 5.02 Å². The number of hydrogen-bond acceptors (Lipinski definition) is 5. The number of aliphatic hydroxyl groups is 1. The van der Waals surface area contributed by atoms with E-state index in [4.69, 9.17) is 21.1 Å². The molecule has 1 atom stereocenters. The van der Waals surface area contributed by atoms with Crippen molar-refractivity contribution >= 4 is 23.1 Å². The van der Waals surface area contributed by atoms with E-state index < -0.39 is 12.8 Å². The lowest BCUT2D eigenvalue weighted by atomic mass is 10.1. The molecule has 0 saturated heterocycles. The fourth-order valence-electron chi connectivity index (χ4n) is 2.99. The van der Waals surface area contributed by atoms with Gasteiger partial charge in [-0.2, -0.15) is 13.2 Å². The lowest BCUT2D eigenvalue weighted by Gasteiger charge is -2.14. The third-order valence-corrected chi connectivity index (χ3v) is 4.44. The summed E-state index contributed by atoms with van der Waals surface area (Å²) in [5.74, 6) is 0.352. The minimum absolute atomic E-state index is 0.0633. The summed E-state index contributed by atoms with van der Waals surface area (Å²) >= 11 is 6.23. The zero-order valence-corrected chi connectivity index (χ0v) is 15.6. The van der Waals surface area contributed by atoms with Crippen molar-refractivity contribution in [1.29, 1.82) is 0 Å². The van der Waals surface area contributed by atoms with Gasteiger partial charge in [-0.3, -0.25) is 0 Å². The third kappa shape index (κ3) is 4.15. The molecule has 0 fully saturated rings. The van der Waals surface area contributed by atoms with Crippen LogP contribution < -0.4 is 4.74 Å². The lowest BCUT2D eigenvalue weighted by molar-refractivity contribution is -0.153. The van der Waals surface area contributed by atoms with Crippen LogP contribution in [0, 0.1) is 0 Å².